The molecule has 3 aromatic rings. The molecule has 4 heteroatoms. The highest BCUT2D eigenvalue weighted by molar-refractivity contribution is 7.71. The van der Waals surface area contributed by atoms with Crippen LogP contribution < -0.4 is 0 Å². The number of aromatic amines is 1. The number of imidazole rings is 1. The SMILES string of the molecule is Cc1ccccc1-n1cc(-c2ccc(Cl)cc2)[nH]c1=S. The third kappa shape index (κ3) is 2.42. The standard InChI is InChI=1S/C16H13ClN2S/c1-11-4-2-3-5-15(11)19-10-14(18-16(19)20)12-6-8-13(17)9-7-12/h2-10H,1H3,(H,18,20). The van der Waals surface area contributed by atoms with Crippen molar-refractivity contribution in [2.75, 3.05) is 0 Å². The Labute approximate surface area is 127 Å². The molecule has 0 saturated heterocycles. The molecule has 0 aliphatic rings. The van der Waals surface area contributed by atoms with E-state index in [1.165, 1.54) is 5.56 Å². The predicted molar refractivity (Wildman–Crippen MR) is 86.1 cm³/mol. The Morgan fingerprint density at radius 1 is 1.05 bits per heavy atom. The topological polar surface area (TPSA) is 20.7 Å². The summed E-state index contributed by atoms with van der Waals surface area (Å²) in [6.45, 7) is 2.08. The molecule has 0 aliphatic heterocycles. The summed E-state index contributed by atoms with van der Waals surface area (Å²) in [6.07, 6.45) is 2.02. The number of nitrogens with zero attached hydrogens (tertiary/aromatic N) is 1. The van der Waals surface area contributed by atoms with Gasteiger partial charge in [0.1, 0.15) is 0 Å². The van der Waals surface area contributed by atoms with Crippen LogP contribution in [0.15, 0.2) is 54.7 Å². The van der Waals surface area contributed by atoms with Gasteiger partial charge in [-0.05, 0) is 48.5 Å². The van der Waals surface area contributed by atoms with Crippen LogP contribution in [0.2, 0.25) is 5.02 Å². The quantitative estimate of drug-likeness (QED) is 0.648. The lowest BCUT2D eigenvalue weighted by Gasteiger charge is -2.05. The van der Waals surface area contributed by atoms with Crippen molar-refractivity contribution in [2.24, 2.45) is 0 Å². The first-order chi connectivity index (χ1) is 9.65. The fourth-order valence-corrected chi connectivity index (χ4v) is 2.57. The zero-order valence-electron chi connectivity index (χ0n) is 10.9. The van der Waals surface area contributed by atoms with E-state index in [1.807, 2.05) is 47.2 Å². The Morgan fingerprint density at radius 3 is 2.45 bits per heavy atom. The molecule has 0 saturated carbocycles. The molecule has 0 fully saturated rings. The minimum absolute atomic E-state index is 0.684. The van der Waals surface area contributed by atoms with Gasteiger partial charge in [0.25, 0.3) is 0 Å². The molecule has 0 radical (unpaired) electrons. The van der Waals surface area contributed by atoms with Crippen molar-refractivity contribution in [3.8, 4) is 16.9 Å². The molecule has 0 bridgehead atoms. The second-order valence-corrected chi connectivity index (χ2v) is 5.46. The van der Waals surface area contributed by atoms with E-state index < -0.39 is 0 Å². The summed E-state index contributed by atoms with van der Waals surface area (Å²) in [5.41, 5.74) is 4.32. The summed E-state index contributed by atoms with van der Waals surface area (Å²) in [4.78, 5) is 3.24. The molecule has 100 valence electrons. The molecule has 2 nitrogen and oxygen atoms in total. The van der Waals surface area contributed by atoms with E-state index in [4.69, 9.17) is 23.8 Å². The minimum atomic E-state index is 0.684. The van der Waals surface area contributed by atoms with Crippen LogP contribution in [0.5, 0.6) is 0 Å². The first-order valence-corrected chi connectivity index (χ1v) is 7.07. The van der Waals surface area contributed by atoms with Crippen LogP contribution in [0, 0.1) is 11.7 Å². The lowest BCUT2D eigenvalue weighted by molar-refractivity contribution is 1.02. The van der Waals surface area contributed by atoms with Crippen molar-refractivity contribution in [1.29, 1.82) is 0 Å². The highest BCUT2D eigenvalue weighted by Gasteiger charge is 2.06. The summed E-state index contributed by atoms with van der Waals surface area (Å²) >= 11 is 11.3. The maximum absolute atomic E-state index is 5.92. The maximum atomic E-state index is 5.92. The third-order valence-corrected chi connectivity index (χ3v) is 3.80. The second-order valence-electron chi connectivity index (χ2n) is 4.64. The molecule has 20 heavy (non-hydrogen) atoms. The molecule has 1 heterocycles. The van der Waals surface area contributed by atoms with E-state index in [1.54, 1.807) is 0 Å². The van der Waals surface area contributed by atoms with Crippen LogP contribution in [0.25, 0.3) is 16.9 Å². The summed E-state index contributed by atoms with van der Waals surface area (Å²) in [5.74, 6) is 0. The molecule has 0 atom stereocenters. The van der Waals surface area contributed by atoms with Gasteiger partial charge in [0.2, 0.25) is 0 Å². The first-order valence-electron chi connectivity index (χ1n) is 6.29. The van der Waals surface area contributed by atoms with Crippen LogP contribution in [0.4, 0.5) is 0 Å². The molecule has 1 aromatic heterocycles. The van der Waals surface area contributed by atoms with Gasteiger partial charge < -0.3 is 4.98 Å². The zero-order chi connectivity index (χ0) is 14.1. The largest absolute Gasteiger partial charge is 0.330 e. The second kappa shape index (κ2) is 5.27. The van der Waals surface area contributed by atoms with Crippen molar-refractivity contribution in [3.63, 3.8) is 0 Å². The van der Waals surface area contributed by atoms with E-state index in [0.717, 1.165) is 22.0 Å². The molecule has 0 spiro atoms. The van der Waals surface area contributed by atoms with Crippen molar-refractivity contribution in [3.05, 3.63) is 70.1 Å². The lowest BCUT2D eigenvalue weighted by Crippen LogP contribution is -1.94. The van der Waals surface area contributed by atoms with Crippen LogP contribution in [-0.2, 0) is 0 Å². The third-order valence-electron chi connectivity index (χ3n) is 3.25. The van der Waals surface area contributed by atoms with Gasteiger partial charge in [-0.3, -0.25) is 4.57 Å². The Balaban J connectivity index is 2.10. The van der Waals surface area contributed by atoms with E-state index in [2.05, 4.69) is 24.0 Å². The summed E-state index contributed by atoms with van der Waals surface area (Å²) in [6, 6.07) is 15.9. The van der Waals surface area contributed by atoms with Gasteiger partial charge in [-0.25, -0.2) is 0 Å². The van der Waals surface area contributed by atoms with E-state index in [-0.39, 0.29) is 0 Å². The highest BCUT2D eigenvalue weighted by atomic mass is 35.5. The molecule has 0 unspecified atom stereocenters. The van der Waals surface area contributed by atoms with Gasteiger partial charge in [0, 0.05) is 11.2 Å². The number of aromatic nitrogens is 2. The Bertz CT molecular complexity index is 800. The lowest BCUT2D eigenvalue weighted by atomic mass is 10.2. The first kappa shape index (κ1) is 13.2. The smallest absolute Gasteiger partial charge is 0.182 e. The Morgan fingerprint density at radius 2 is 1.75 bits per heavy atom. The molecule has 0 aliphatic carbocycles. The number of rotatable bonds is 2. The van der Waals surface area contributed by atoms with Gasteiger partial charge in [0.15, 0.2) is 4.77 Å². The fraction of sp³-hybridized carbons (Fsp3) is 0.0625. The Kier molecular flexibility index (Phi) is 3.47. The number of hydrogen-bond acceptors (Lipinski definition) is 1. The van der Waals surface area contributed by atoms with Crippen molar-refractivity contribution >= 4 is 23.8 Å². The number of hydrogen-bond donors (Lipinski definition) is 1. The molecular formula is C16H13ClN2S. The molecular weight excluding hydrogens is 288 g/mol. The molecule has 1 N–H and O–H groups in total. The van der Waals surface area contributed by atoms with E-state index in [0.29, 0.717) is 4.77 Å². The van der Waals surface area contributed by atoms with Crippen LogP contribution >= 0.6 is 23.8 Å². The summed E-state index contributed by atoms with van der Waals surface area (Å²) in [7, 11) is 0. The zero-order valence-corrected chi connectivity index (χ0v) is 12.5. The normalized spacial score (nSPS) is 10.7. The Hall–Kier alpha value is -1.84. The summed E-state index contributed by atoms with van der Waals surface area (Å²) < 4.78 is 2.68. The highest BCUT2D eigenvalue weighted by Crippen LogP contribution is 2.23. The van der Waals surface area contributed by atoms with Gasteiger partial charge in [0.05, 0.1) is 11.4 Å². The van der Waals surface area contributed by atoms with Gasteiger partial charge in [-0.1, -0.05) is 41.9 Å². The van der Waals surface area contributed by atoms with Gasteiger partial charge in [-0.15, -0.1) is 0 Å². The molecule has 2 aromatic carbocycles. The number of para-hydroxylation sites is 1. The molecule has 3 rings (SSSR count). The molecule has 0 amide bonds. The number of nitrogens with one attached hydrogen (secondary N) is 1. The van der Waals surface area contributed by atoms with Crippen molar-refractivity contribution in [1.82, 2.24) is 9.55 Å². The van der Waals surface area contributed by atoms with E-state index in [9.17, 15) is 0 Å². The predicted octanol–water partition coefficient (Wildman–Crippen LogP) is 5.16. The van der Waals surface area contributed by atoms with Crippen LogP contribution in [0.1, 0.15) is 5.56 Å². The average molecular weight is 301 g/mol. The minimum Gasteiger partial charge on any atom is -0.330 e. The van der Waals surface area contributed by atoms with Crippen LogP contribution in [0.3, 0.4) is 0 Å². The van der Waals surface area contributed by atoms with Crippen molar-refractivity contribution in [2.45, 2.75) is 6.92 Å². The van der Waals surface area contributed by atoms with Crippen molar-refractivity contribution < 1.29 is 0 Å². The monoisotopic (exact) mass is 300 g/mol. The number of benzene rings is 2. The number of aryl methyl sites for hydroxylation is 1. The average Bonchev–Trinajstić information content (AvgIpc) is 2.82. The maximum Gasteiger partial charge on any atom is 0.182 e. The van der Waals surface area contributed by atoms with Gasteiger partial charge in [-0.2, -0.15) is 0 Å². The van der Waals surface area contributed by atoms with Gasteiger partial charge >= 0.3 is 0 Å². The van der Waals surface area contributed by atoms with Crippen LogP contribution in [-0.4, -0.2) is 9.55 Å². The number of halogens is 1. The number of H-pyrrole nitrogens is 1. The fourth-order valence-electron chi connectivity index (χ4n) is 2.18. The van der Waals surface area contributed by atoms with E-state index >= 15 is 0 Å². The summed E-state index contributed by atoms with van der Waals surface area (Å²) in [5, 5.41) is 0.727.